The van der Waals surface area contributed by atoms with Crippen LogP contribution >= 0.6 is 0 Å². The molecule has 1 aliphatic heterocycles. The molecule has 1 N–H and O–H groups in total. The first-order valence-corrected chi connectivity index (χ1v) is 7.27. The van der Waals surface area contributed by atoms with Crippen molar-refractivity contribution in [2.45, 2.75) is 25.5 Å². The summed E-state index contributed by atoms with van der Waals surface area (Å²) in [6, 6.07) is 8.21. The molecule has 0 saturated carbocycles. The van der Waals surface area contributed by atoms with Gasteiger partial charge in [-0.2, -0.15) is 0 Å². The van der Waals surface area contributed by atoms with Crippen molar-refractivity contribution >= 4 is 5.97 Å². The molecule has 0 aromatic heterocycles. The average molecular weight is 293 g/mol. The molecule has 0 radical (unpaired) electrons. The monoisotopic (exact) mass is 293 g/mol. The molecule has 5 nitrogen and oxygen atoms in total. The molecule has 2 atom stereocenters. The Morgan fingerprint density at radius 3 is 2.90 bits per heavy atom. The van der Waals surface area contributed by atoms with Gasteiger partial charge in [-0.05, 0) is 18.1 Å². The van der Waals surface area contributed by atoms with E-state index in [2.05, 4.69) is 29.1 Å². The summed E-state index contributed by atoms with van der Waals surface area (Å²) in [7, 11) is 1.40. The number of esters is 1. The van der Waals surface area contributed by atoms with E-state index >= 15 is 0 Å². The first kappa shape index (κ1) is 15.9. The molecule has 21 heavy (non-hydrogen) atoms. The highest BCUT2D eigenvalue weighted by Crippen LogP contribution is 2.24. The first-order valence-electron chi connectivity index (χ1n) is 7.27. The van der Waals surface area contributed by atoms with Crippen LogP contribution in [0.2, 0.25) is 0 Å². The predicted octanol–water partition coefficient (Wildman–Crippen LogP) is 1.60. The van der Waals surface area contributed by atoms with E-state index < -0.39 is 0 Å². The lowest BCUT2D eigenvalue weighted by molar-refractivity contribution is -0.140. The van der Waals surface area contributed by atoms with E-state index in [0.29, 0.717) is 32.8 Å². The predicted molar refractivity (Wildman–Crippen MR) is 79.1 cm³/mol. The molecule has 0 bridgehead atoms. The lowest BCUT2D eigenvalue weighted by atomic mass is 9.96. The van der Waals surface area contributed by atoms with Crippen LogP contribution in [-0.2, 0) is 19.0 Å². The number of methoxy groups -OCH3 is 1. The summed E-state index contributed by atoms with van der Waals surface area (Å²) >= 11 is 0. The molecule has 0 spiro atoms. The summed E-state index contributed by atoms with van der Waals surface area (Å²) in [4.78, 5) is 11.3. The van der Waals surface area contributed by atoms with E-state index in [4.69, 9.17) is 9.47 Å². The summed E-state index contributed by atoms with van der Waals surface area (Å²) in [5.74, 6) is -0.216. The van der Waals surface area contributed by atoms with Crippen LogP contribution in [0.15, 0.2) is 24.3 Å². The number of hydrogen-bond acceptors (Lipinski definition) is 5. The molecular formula is C16H23NO4. The summed E-state index contributed by atoms with van der Waals surface area (Å²) in [5, 5.41) is 3.41. The van der Waals surface area contributed by atoms with E-state index in [1.807, 2.05) is 12.1 Å². The summed E-state index contributed by atoms with van der Waals surface area (Å²) in [5.41, 5.74) is 2.38. The Morgan fingerprint density at radius 1 is 1.43 bits per heavy atom. The van der Waals surface area contributed by atoms with E-state index in [1.54, 1.807) is 0 Å². The Bertz CT molecular complexity index is 457. The standard InChI is InChI=1S/C16H23NO4/c1-12-5-3-4-6-13(12)16(14-11-20-9-10-21-14)17-8-7-15(18)19-2/h3-6,14,16-17H,7-11H2,1-2H3. The smallest absolute Gasteiger partial charge is 0.306 e. The molecule has 1 aromatic carbocycles. The molecule has 1 heterocycles. The Hall–Kier alpha value is -1.43. The van der Waals surface area contributed by atoms with Gasteiger partial charge in [-0.1, -0.05) is 24.3 Å². The molecule has 1 saturated heterocycles. The maximum absolute atomic E-state index is 11.3. The summed E-state index contributed by atoms with van der Waals surface area (Å²) < 4.78 is 16.0. The van der Waals surface area contributed by atoms with Crippen molar-refractivity contribution < 1.29 is 19.0 Å². The highest BCUT2D eigenvalue weighted by atomic mass is 16.6. The van der Waals surface area contributed by atoms with Gasteiger partial charge in [0, 0.05) is 6.54 Å². The lowest BCUT2D eigenvalue weighted by Gasteiger charge is -2.32. The molecule has 1 aliphatic rings. The lowest BCUT2D eigenvalue weighted by Crippen LogP contribution is -2.41. The zero-order chi connectivity index (χ0) is 15.1. The van der Waals surface area contributed by atoms with Crippen LogP contribution in [0.4, 0.5) is 0 Å². The third-order valence-electron chi connectivity index (χ3n) is 3.66. The molecule has 116 valence electrons. The molecule has 0 amide bonds. The fourth-order valence-electron chi connectivity index (χ4n) is 2.51. The molecule has 2 unspecified atom stereocenters. The van der Waals surface area contributed by atoms with Gasteiger partial charge >= 0.3 is 5.97 Å². The average Bonchev–Trinajstić information content (AvgIpc) is 2.53. The number of benzene rings is 1. The topological polar surface area (TPSA) is 56.8 Å². The van der Waals surface area contributed by atoms with Crippen LogP contribution in [0.5, 0.6) is 0 Å². The van der Waals surface area contributed by atoms with Gasteiger partial charge in [0.2, 0.25) is 0 Å². The Morgan fingerprint density at radius 2 is 2.24 bits per heavy atom. The first-order chi connectivity index (χ1) is 10.2. The van der Waals surface area contributed by atoms with Gasteiger partial charge in [0.25, 0.3) is 0 Å². The van der Waals surface area contributed by atoms with Gasteiger partial charge in [-0.15, -0.1) is 0 Å². The van der Waals surface area contributed by atoms with Gasteiger partial charge in [-0.3, -0.25) is 4.79 Å². The fraction of sp³-hybridized carbons (Fsp3) is 0.562. The van der Waals surface area contributed by atoms with Crippen LogP contribution < -0.4 is 5.32 Å². The molecule has 2 rings (SSSR count). The van der Waals surface area contributed by atoms with Gasteiger partial charge in [0.1, 0.15) is 6.10 Å². The quantitative estimate of drug-likeness (QED) is 0.808. The number of carbonyl (C=O) groups is 1. The van der Waals surface area contributed by atoms with Crippen LogP contribution in [0.25, 0.3) is 0 Å². The number of aryl methyl sites for hydroxylation is 1. The number of carbonyl (C=O) groups excluding carboxylic acids is 1. The van der Waals surface area contributed by atoms with Crippen molar-refractivity contribution in [2.24, 2.45) is 0 Å². The number of ether oxygens (including phenoxy) is 3. The van der Waals surface area contributed by atoms with E-state index in [0.717, 1.165) is 0 Å². The van der Waals surface area contributed by atoms with Crippen molar-refractivity contribution in [3.63, 3.8) is 0 Å². The van der Waals surface area contributed by atoms with Crippen LogP contribution in [0.3, 0.4) is 0 Å². The minimum atomic E-state index is -0.216. The maximum Gasteiger partial charge on any atom is 0.306 e. The van der Waals surface area contributed by atoms with Crippen molar-refractivity contribution in [3.05, 3.63) is 35.4 Å². The van der Waals surface area contributed by atoms with Crippen molar-refractivity contribution in [2.75, 3.05) is 33.5 Å². The van der Waals surface area contributed by atoms with Crippen molar-refractivity contribution in [1.29, 1.82) is 0 Å². The minimum absolute atomic E-state index is 0.0103. The van der Waals surface area contributed by atoms with Gasteiger partial charge in [0.15, 0.2) is 0 Å². The van der Waals surface area contributed by atoms with Crippen LogP contribution in [-0.4, -0.2) is 45.5 Å². The van der Waals surface area contributed by atoms with Crippen LogP contribution in [0.1, 0.15) is 23.6 Å². The van der Waals surface area contributed by atoms with Crippen molar-refractivity contribution in [3.8, 4) is 0 Å². The second kappa shape index (κ2) is 8.12. The Labute approximate surface area is 125 Å². The third-order valence-corrected chi connectivity index (χ3v) is 3.66. The van der Waals surface area contributed by atoms with Gasteiger partial charge < -0.3 is 19.5 Å². The Kier molecular flexibility index (Phi) is 6.17. The number of rotatable bonds is 6. The molecule has 5 heteroatoms. The zero-order valence-electron chi connectivity index (χ0n) is 12.6. The molecule has 1 aromatic rings. The van der Waals surface area contributed by atoms with E-state index in [-0.39, 0.29) is 18.1 Å². The second-order valence-electron chi connectivity index (χ2n) is 5.10. The second-order valence-corrected chi connectivity index (χ2v) is 5.10. The van der Waals surface area contributed by atoms with E-state index in [9.17, 15) is 4.79 Å². The van der Waals surface area contributed by atoms with Crippen molar-refractivity contribution in [1.82, 2.24) is 5.32 Å². The summed E-state index contributed by atoms with van der Waals surface area (Å²) in [6.07, 6.45) is 0.296. The minimum Gasteiger partial charge on any atom is -0.469 e. The van der Waals surface area contributed by atoms with E-state index in [1.165, 1.54) is 18.2 Å². The SMILES string of the molecule is COC(=O)CCNC(c1ccccc1C)C1COCCO1. The highest BCUT2D eigenvalue weighted by Gasteiger charge is 2.27. The highest BCUT2D eigenvalue weighted by molar-refractivity contribution is 5.69. The molecule has 1 fully saturated rings. The fourth-order valence-corrected chi connectivity index (χ4v) is 2.51. The normalized spacial score (nSPS) is 20.0. The molecule has 0 aliphatic carbocycles. The van der Waals surface area contributed by atoms with Gasteiger partial charge in [0.05, 0.1) is 39.4 Å². The maximum atomic E-state index is 11.3. The largest absolute Gasteiger partial charge is 0.469 e. The number of hydrogen-bond donors (Lipinski definition) is 1. The van der Waals surface area contributed by atoms with Gasteiger partial charge in [-0.25, -0.2) is 0 Å². The summed E-state index contributed by atoms with van der Waals surface area (Å²) in [6.45, 7) is 4.43. The molecular weight excluding hydrogens is 270 g/mol. The number of nitrogens with one attached hydrogen (secondary N) is 1. The third kappa shape index (κ3) is 4.52. The Balaban J connectivity index is 2.06. The van der Waals surface area contributed by atoms with Crippen LogP contribution in [0, 0.1) is 6.92 Å². The zero-order valence-corrected chi connectivity index (χ0v) is 12.6.